The smallest absolute Gasteiger partial charge is 0.255 e. The maximum Gasteiger partial charge on any atom is 0.255 e. The zero-order valence-corrected chi connectivity index (χ0v) is 15.9. The number of nitrogens with zero attached hydrogens (tertiary/aromatic N) is 3. The maximum absolute atomic E-state index is 12.4. The van der Waals surface area contributed by atoms with Gasteiger partial charge in [-0.15, -0.1) is 0 Å². The first-order valence-corrected chi connectivity index (χ1v) is 8.61. The number of hydrogen-bond acceptors (Lipinski definition) is 3. The highest BCUT2D eigenvalue weighted by molar-refractivity contribution is 6.05. The third-order valence-corrected chi connectivity index (χ3v) is 4.46. The molecule has 0 saturated carbocycles. The zero-order valence-electron chi connectivity index (χ0n) is 15.9. The number of anilines is 1. The molecule has 6 nitrogen and oxygen atoms in total. The maximum atomic E-state index is 12.4. The monoisotopic (exact) mass is 362 g/mol. The van der Waals surface area contributed by atoms with Gasteiger partial charge < -0.3 is 14.8 Å². The standard InChI is InChI=1S/C21H22N4O2/c1-14-15(2)25(13-22-14)19-11-9-18(10-12-19)23-20(26)16-5-7-17(8-6-16)21(27)24(3)4/h5-13H,1-4H3,(H,23,26). The molecule has 3 rings (SSSR count). The Morgan fingerprint density at radius 3 is 2.04 bits per heavy atom. The van der Waals surface area contributed by atoms with Gasteiger partial charge in [-0.1, -0.05) is 0 Å². The van der Waals surface area contributed by atoms with Crippen LogP contribution in [-0.4, -0.2) is 40.4 Å². The molecule has 1 N–H and O–H groups in total. The number of imidazole rings is 1. The predicted molar refractivity (Wildman–Crippen MR) is 105 cm³/mol. The van der Waals surface area contributed by atoms with Crippen LogP contribution in [0.2, 0.25) is 0 Å². The molecule has 3 aromatic rings. The Bertz CT molecular complexity index is 970. The molecular formula is C21H22N4O2. The minimum Gasteiger partial charge on any atom is -0.345 e. The van der Waals surface area contributed by atoms with Crippen LogP contribution in [0.4, 0.5) is 5.69 Å². The third-order valence-electron chi connectivity index (χ3n) is 4.46. The highest BCUT2D eigenvalue weighted by Crippen LogP contribution is 2.17. The van der Waals surface area contributed by atoms with Crippen molar-refractivity contribution in [1.29, 1.82) is 0 Å². The lowest BCUT2D eigenvalue weighted by Crippen LogP contribution is -2.21. The van der Waals surface area contributed by atoms with Gasteiger partial charge in [0.05, 0.1) is 12.0 Å². The number of nitrogens with one attached hydrogen (secondary N) is 1. The van der Waals surface area contributed by atoms with Gasteiger partial charge in [0.2, 0.25) is 0 Å². The second-order valence-corrected chi connectivity index (χ2v) is 6.56. The highest BCUT2D eigenvalue weighted by atomic mass is 16.2. The Hall–Kier alpha value is -3.41. The molecule has 27 heavy (non-hydrogen) atoms. The van der Waals surface area contributed by atoms with Crippen LogP contribution in [0, 0.1) is 13.8 Å². The quantitative estimate of drug-likeness (QED) is 0.773. The largest absolute Gasteiger partial charge is 0.345 e. The SMILES string of the molecule is Cc1ncn(-c2ccc(NC(=O)c3ccc(C(=O)N(C)C)cc3)cc2)c1C. The molecule has 0 spiro atoms. The molecule has 0 bridgehead atoms. The van der Waals surface area contributed by atoms with Gasteiger partial charge in [-0.05, 0) is 62.4 Å². The molecule has 0 aliphatic heterocycles. The summed E-state index contributed by atoms with van der Waals surface area (Å²) in [6.45, 7) is 3.99. The summed E-state index contributed by atoms with van der Waals surface area (Å²) in [7, 11) is 3.39. The average molecular weight is 362 g/mol. The molecule has 0 aliphatic rings. The summed E-state index contributed by atoms with van der Waals surface area (Å²) in [5.74, 6) is -0.316. The molecule has 6 heteroatoms. The zero-order chi connectivity index (χ0) is 19.6. The minimum atomic E-state index is -0.221. The van der Waals surface area contributed by atoms with E-state index in [0.717, 1.165) is 17.1 Å². The summed E-state index contributed by atoms with van der Waals surface area (Å²) in [4.78, 5) is 30.1. The Morgan fingerprint density at radius 2 is 1.52 bits per heavy atom. The van der Waals surface area contributed by atoms with Crippen molar-refractivity contribution in [3.63, 3.8) is 0 Å². The molecule has 2 amide bonds. The van der Waals surface area contributed by atoms with Crippen molar-refractivity contribution in [2.24, 2.45) is 0 Å². The molecule has 0 unspecified atom stereocenters. The lowest BCUT2D eigenvalue weighted by Gasteiger charge is -2.11. The van der Waals surface area contributed by atoms with Gasteiger partial charge in [0.15, 0.2) is 0 Å². The van der Waals surface area contributed by atoms with E-state index in [9.17, 15) is 9.59 Å². The molecule has 0 fully saturated rings. The molecule has 138 valence electrons. The molecule has 1 heterocycles. The fraction of sp³-hybridized carbons (Fsp3) is 0.190. The first kappa shape index (κ1) is 18.4. The first-order chi connectivity index (χ1) is 12.9. The van der Waals surface area contributed by atoms with Gasteiger partial charge in [0.1, 0.15) is 0 Å². The fourth-order valence-corrected chi connectivity index (χ4v) is 2.69. The summed E-state index contributed by atoms with van der Waals surface area (Å²) >= 11 is 0. The van der Waals surface area contributed by atoms with Gasteiger partial charge in [-0.2, -0.15) is 0 Å². The number of aryl methyl sites for hydroxylation is 1. The van der Waals surface area contributed by atoms with Gasteiger partial charge in [0, 0.05) is 42.3 Å². The number of carbonyl (C=O) groups is 2. The summed E-state index contributed by atoms with van der Waals surface area (Å²) in [6, 6.07) is 14.2. The van der Waals surface area contributed by atoms with Crippen LogP contribution in [0.5, 0.6) is 0 Å². The summed E-state index contributed by atoms with van der Waals surface area (Å²) in [6.07, 6.45) is 1.79. The molecule has 1 aromatic heterocycles. The number of rotatable bonds is 4. The van der Waals surface area contributed by atoms with Gasteiger partial charge in [-0.25, -0.2) is 4.98 Å². The van der Waals surface area contributed by atoms with E-state index in [1.165, 1.54) is 4.90 Å². The Balaban J connectivity index is 1.71. The number of benzene rings is 2. The van der Waals surface area contributed by atoms with E-state index in [1.807, 2.05) is 42.7 Å². The van der Waals surface area contributed by atoms with Gasteiger partial charge >= 0.3 is 0 Å². The van der Waals surface area contributed by atoms with Crippen molar-refractivity contribution < 1.29 is 9.59 Å². The van der Waals surface area contributed by atoms with Crippen LogP contribution >= 0.6 is 0 Å². The van der Waals surface area contributed by atoms with Crippen molar-refractivity contribution in [2.75, 3.05) is 19.4 Å². The Labute approximate surface area is 158 Å². The van der Waals surface area contributed by atoms with Crippen molar-refractivity contribution >= 4 is 17.5 Å². The van der Waals surface area contributed by atoms with Crippen molar-refractivity contribution in [3.05, 3.63) is 77.4 Å². The summed E-state index contributed by atoms with van der Waals surface area (Å²) in [5.41, 5.74) is 4.80. The van der Waals surface area contributed by atoms with Crippen LogP contribution in [0.25, 0.3) is 5.69 Å². The molecule has 0 atom stereocenters. The van der Waals surface area contributed by atoms with Crippen LogP contribution in [-0.2, 0) is 0 Å². The van der Waals surface area contributed by atoms with E-state index in [1.54, 1.807) is 44.7 Å². The molecule has 0 radical (unpaired) electrons. The Kier molecular flexibility index (Phi) is 5.07. The molecule has 0 saturated heterocycles. The van der Waals surface area contributed by atoms with E-state index in [2.05, 4.69) is 10.3 Å². The van der Waals surface area contributed by atoms with E-state index >= 15 is 0 Å². The summed E-state index contributed by atoms with van der Waals surface area (Å²) in [5, 5.41) is 2.87. The van der Waals surface area contributed by atoms with E-state index < -0.39 is 0 Å². The lowest BCUT2D eigenvalue weighted by atomic mass is 10.1. The second kappa shape index (κ2) is 7.45. The normalized spacial score (nSPS) is 10.5. The number of aromatic nitrogens is 2. The van der Waals surface area contributed by atoms with E-state index in [0.29, 0.717) is 16.8 Å². The van der Waals surface area contributed by atoms with Crippen molar-refractivity contribution in [3.8, 4) is 5.69 Å². The number of hydrogen-bond donors (Lipinski definition) is 1. The van der Waals surface area contributed by atoms with Crippen molar-refractivity contribution in [1.82, 2.24) is 14.5 Å². The van der Waals surface area contributed by atoms with Crippen molar-refractivity contribution in [2.45, 2.75) is 13.8 Å². The molecule has 0 aliphatic carbocycles. The molecular weight excluding hydrogens is 340 g/mol. The summed E-state index contributed by atoms with van der Waals surface area (Å²) < 4.78 is 2.00. The minimum absolute atomic E-state index is 0.0948. The number of carbonyl (C=O) groups excluding carboxylic acids is 2. The first-order valence-electron chi connectivity index (χ1n) is 8.61. The van der Waals surface area contributed by atoms with Gasteiger partial charge in [-0.3, -0.25) is 9.59 Å². The van der Waals surface area contributed by atoms with Gasteiger partial charge in [0.25, 0.3) is 11.8 Å². The predicted octanol–water partition coefficient (Wildman–Crippen LogP) is 3.44. The number of amides is 2. The average Bonchev–Trinajstić information content (AvgIpc) is 3.00. The van der Waals surface area contributed by atoms with Crippen LogP contribution in [0.15, 0.2) is 54.9 Å². The lowest BCUT2D eigenvalue weighted by molar-refractivity contribution is 0.0827. The van der Waals surface area contributed by atoms with Crippen LogP contribution < -0.4 is 5.32 Å². The van der Waals surface area contributed by atoms with Crippen LogP contribution in [0.1, 0.15) is 32.1 Å². The molecule has 2 aromatic carbocycles. The fourth-order valence-electron chi connectivity index (χ4n) is 2.69. The van der Waals surface area contributed by atoms with E-state index in [-0.39, 0.29) is 11.8 Å². The highest BCUT2D eigenvalue weighted by Gasteiger charge is 2.11. The van der Waals surface area contributed by atoms with Crippen LogP contribution in [0.3, 0.4) is 0 Å². The Morgan fingerprint density at radius 1 is 0.926 bits per heavy atom. The van der Waals surface area contributed by atoms with E-state index in [4.69, 9.17) is 0 Å². The topological polar surface area (TPSA) is 67.2 Å². The second-order valence-electron chi connectivity index (χ2n) is 6.56. The third kappa shape index (κ3) is 3.89.